The lowest BCUT2D eigenvalue weighted by molar-refractivity contribution is -0.199. The molecule has 5 N–H and O–H groups in total. The van der Waals surface area contributed by atoms with Crippen LogP contribution in [0.5, 0.6) is 0 Å². The number of rotatable bonds is 10. The second-order valence-corrected chi connectivity index (χ2v) is 12.1. The molecule has 2 aromatic carbocycles. The van der Waals surface area contributed by atoms with E-state index in [-0.39, 0.29) is 43.0 Å². The second kappa shape index (κ2) is 11.2. The summed E-state index contributed by atoms with van der Waals surface area (Å²) >= 11 is 0. The highest BCUT2D eigenvalue weighted by molar-refractivity contribution is 6.47. The van der Waals surface area contributed by atoms with E-state index in [0.29, 0.717) is 36.8 Å². The van der Waals surface area contributed by atoms with E-state index in [1.807, 2.05) is 0 Å². The van der Waals surface area contributed by atoms with Gasteiger partial charge < -0.3 is 26.1 Å². The molecule has 3 saturated carbocycles. The Balaban J connectivity index is 0.00000320. The standard InChI is InChI=1S/C29H42BN3O3.ClH/c1-28(2)22-16-25(28)29(3)26(17-22)35-30(36-29)23(18-33-27(34)24(32)10-6-7-13-31)15-19-11-12-20-8-4-5-9-21(20)14-19;/h4-5,8-9,11-12,14,22-26H,6-7,10,13,15-18,31-32H2,1-3H3,(H,33,34);1H/t22-,23-,24+,25-,26+,29-;/m1./s1. The summed E-state index contributed by atoms with van der Waals surface area (Å²) < 4.78 is 13.5. The number of carbonyl (C=O) groups is 1. The van der Waals surface area contributed by atoms with Crippen molar-refractivity contribution in [2.24, 2.45) is 28.7 Å². The molecular weight excluding hydrogens is 485 g/mol. The summed E-state index contributed by atoms with van der Waals surface area (Å²) in [6.45, 7) is 8.10. The van der Waals surface area contributed by atoms with Crippen molar-refractivity contribution in [2.75, 3.05) is 13.1 Å². The SMILES string of the molecule is CC1(C)[C@H]2C[C@@H]3OB([C@@H](CNC(=O)[C@@H](N)CCCCN)Cc4ccc5ccccc5c4)O[C@]3(C)[C@@H]1C2.Cl. The molecule has 2 aromatic rings. The average Bonchev–Trinajstić information content (AvgIpc) is 3.23. The first-order valence-electron chi connectivity index (χ1n) is 13.8. The van der Waals surface area contributed by atoms with Crippen LogP contribution in [-0.2, 0) is 20.5 Å². The molecule has 4 fully saturated rings. The molecule has 0 unspecified atom stereocenters. The Labute approximate surface area is 228 Å². The van der Waals surface area contributed by atoms with Gasteiger partial charge in [0.25, 0.3) is 0 Å². The Bertz CT molecular complexity index is 1100. The van der Waals surface area contributed by atoms with Crippen molar-refractivity contribution in [3.63, 3.8) is 0 Å². The molecule has 1 heterocycles. The van der Waals surface area contributed by atoms with Crippen LogP contribution < -0.4 is 16.8 Å². The molecule has 6 rings (SSSR count). The van der Waals surface area contributed by atoms with Crippen LogP contribution in [0.1, 0.15) is 58.4 Å². The Morgan fingerprint density at radius 3 is 2.62 bits per heavy atom. The number of fused-ring (bicyclic) bond motifs is 1. The molecule has 1 amide bonds. The minimum Gasteiger partial charge on any atom is -0.405 e. The van der Waals surface area contributed by atoms with Crippen LogP contribution in [0.15, 0.2) is 42.5 Å². The van der Waals surface area contributed by atoms with Crippen LogP contribution in [0.4, 0.5) is 0 Å². The highest BCUT2D eigenvalue weighted by atomic mass is 35.5. The monoisotopic (exact) mass is 527 g/mol. The van der Waals surface area contributed by atoms with Gasteiger partial charge in [-0.25, -0.2) is 0 Å². The maximum atomic E-state index is 12.8. The largest absolute Gasteiger partial charge is 0.463 e. The second-order valence-electron chi connectivity index (χ2n) is 12.1. The third-order valence-corrected chi connectivity index (χ3v) is 9.51. The van der Waals surface area contributed by atoms with Gasteiger partial charge in [-0.1, -0.05) is 62.7 Å². The minimum atomic E-state index is -0.517. The first kappa shape index (κ1) is 28.4. The third-order valence-electron chi connectivity index (χ3n) is 9.51. The van der Waals surface area contributed by atoms with E-state index in [2.05, 4.69) is 68.6 Å². The van der Waals surface area contributed by atoms with E-state index in [1.165, 1.54) is 22.8 Å². The maximum Gasteiger partial charge on any atom is 0.463 e. The highest BCUT2D eigenvalue weighted by Gasteiger charge is 2.68. The van der Waals surface area contributed by atoms with E-state index in [9.17, 15) is 4.79 Å². The zero-order valence-corrected chi connectivity index (χ0v) is 23.3. The number of benzene rings is 2. The fraction of sp³-hybridized carbons (Fsp3) is 0.621. The first-order chi connectivity index (χ1) is 17.2. The molecule has 4 aliphatic rings. The summed E-state index contributed by atoms with van der Waals surface area (Å²) in [6, 6.07) is 14.5. The van der Waals surface area contributed by atoms with Crippen molar-refractivity contribution in [1.82, 2.24) is 5.32 Å². The van der Waals surface area contributed by atoms with Crippen LogP contribution in [-0.4, -0.2) is 43.9 Å². The predicted octanol–water partition coefficient (Wildman–Crippen LogP) is 4.48. The molecule has 2 bridgehead atoms. The van der Waals surface area contributed by atoms with Gasteiger partial charge >= 0.3 is 7.12 Å². The normalized spacial score (nSPS) is 29.1. The lowest BCUT2D eigenvalue weighted by Gasteiger charge is -2.64. The predicted molar refractivity (Wildman–Crippen MR) is 153 cm³/mol. The van der Waals surface area contributed by atoms with Gasteiger partial charge in [-0.3, -0.25) is 4.79 Å². The number of nitrogens with two attached hydrogens (primary N) is 2. The minimum absolute atomic E-state index is 0. The van der Waals surface area contributed by atoms with Crippen molar-refractivity contribution in [3.8, 4) is 0 Å². The van der Waals surface area contributed by atoms with Gasteiger partial charge in [-0.05, 0) is 79.2 Å². The van der Waals surface area contributed by atoms with E-state index < -0.39 is 6.04 Å². The fourth-order valence-electron chi connectivity index (χ4n) is 7.04. The van der Waals surface area contributed by atoms with Gasteiger partial charge in [-0.2, -0.15) is 0 Å². The zero-order chi connectivity index (χ0) is 25.5. The smallest absolute Gasteiger partial charge is 0.405 e. The Morgan fingerprint density at radius 1 is 1.14 bits per heavy atom. The van der Waals surface area contributed by atoms with Crippen LogP contribution in [0.3, 0.4) is 0 Å². The summed E-state index contributed by atoms with van der Waals surface area (Å²) in [5, 5.41) is 5.56. The molecule has 1 aliphatic heterocycles. The third kappa shape index (κ3) is 5.44. The lowest BCUT2D eigenvalue weighted by Crippen LogP contribution is -2.65. The Morgan fingerprint density at radius 2 is 1.89 bits per heavy atom. The summed E-state index contributed by atoms with van der Waals surface area (Å²) in [6.07, 6.45) is 5.54. The van der Waals surface area contributed by atoms with E-state index in [0.717, 1.165) is 25.7 Å². The zero-order valence-electron chi connectivity index (χ0n) is 22.5. The van der Waals surface area contributed by atoms with Crippen LogP contribution in [0, 0.1) is 17.3 Å². The van der Waals surface area contributed by atoms with Gasteiger partial charge in [-0.15, -0.1) is 12.4 Å². The average molecular weight is 528 g/mol. The fourth-order valence-corrected chi connectivity index (χ4v) is 7.04. The van der Waals surface area contributed by atoms with Crippen molar-refractivity contribution >= 4 is 36.2 Å². The topological polar surface area (TPSA) is 99.6 Å². The molecule has 8 heteroatoms. The number of hydrogen-bond donors (Lipinski definition) is 3. The number of unbranched alkanes of at least 4 members (excludes halogenated alkanes) is 1. The molecule has 1 saturated heterocycles. The number of carbonyl (C=O) groups excluding carboxylic acids is 1. The van der Waals surface area contributed by atoms with Gasteiger partial charge in [0.2, 0.25) is 5.91 Å². The molecule has 6 atom stereocenters. The van der Waals surface area contributed by atoms with Crippen LogP contribution >= 0.6 is 12.4 Å². The summed E-state index contributed by atoms with van der Waals surface area (Å²) in [4.78, 5) is 12.8. The molecule has 6 nitrogen and oxygen atoms in total. The molecule has 37 heavy (non-hydrogen) atoms. The summed E-state index contributed by atoms with van der Waals surface area (Å²) in [7, 11) is -0.351. The number of nitrogens with one attached hydrogen (secondary N) is 1. The number of halogens is 1. The molecular formula is C29H43BClN3O3. The molecule has 0 radical (unpaired) electrons. The quantitative estimate of drug-likeness (QED) is 0.313. The van der Waals surface area contributed by atoms with Crippen LogP contribution in [0.2, 0.25) is 5.82 Å². The number of amides is 1. The van der Waals surface area contributed by atoms with E-state index in [4.69, 9.17) is 20.8 Å². The van der Waals surface area contributed by atoms with Crippen molar-refractivity contribution < 1.29 is 14.1 Å². The molecule has 3 aliphatic carbocycles. The van der Waals surface area contributed by atoms with E-state index in [1.54, 1.807) is 0 Å². The van der Waals surface area contributed by atoms with E-state index >= 15 is 0 Å². The number of hydrogen-bond acceptors (Lipinski definition) is 5. The highest BCUT2D eigenvalue weighted by Crippen LogP contribution is 2.66. The van der Waals surface area contributed by atoms with Crippen LogP contribution in [0.25, 0.3) is 10.8 Å². The van der Waals surface area contributed by atoms with Gasteiger partial charge in [0.05, 0.1) is 17.7 Å². The van der Waals surface area contributed by atoms with Gasteiger partial charge in [0, 0.05) is 12.4 Å². The Kier molecular flexibility index (Phi) is 8.61. The van der Waals surface area contributed by atoms with Crippen molar-refractivity contribution in [2.45, 2.75) is 82.9 Å². The summed E-state index contributed by atoms with van der Waals surface area (Å²) in [5.74, 6) is 1.09. The van der Waals surface area contributed by atoms with Crippen molar-refractivity contribution in [1.29, 1.82) is 0 Å². The Hall–Kier alpha value is -1.64. The van der Waals surface area contributed by atoms with Crippen molar-refractivity contribution in [3.05, 3.63) is 48.0 Å². The maximum absolute atomic E-state index is 12.8. The lowest BCUT2D eigenvalue weighted by atomic mass is 9.43. The molecule has 0 spiro atoms. The summed E-state index contributed by atoms with van der Waals surface area (Å²) in [5.41, 5.74) is 13.0. The van der Waals surface area contributed by atoms with Gasteiger partial charge in [0.15, 0.2) is 0 Å². The van der Waals surface area contributed by atoms with Gasteiger partial charge in [0.1, 0.15) is 0 Å². The first-order valence-corrected chi connectivity index (χ1v) is 13.8. The molecule has 202 valence electrons. The molecule has 0 aromatic heterocycles.